The van der Waals surface area contributed by atoms with Crippen LogP contribution in [0.15, 0.2) is 176 Å². The zero-order valence-electron chi connectivity index (χ0n) is 34.4. The first kappa shape index (κ1) is 43.1. The van der Waals surface area contributed by atoms with E-state index in [2.05, 4.69) is 102 Å². The van der Waals surface area contributed by atoms with Crippen molar-refractivity contribution in [2.45, 2.75) is 59.8 Å². The number of aromatic nitrogens is 2. The van der Waals surface area contributed by atoms with E-state index in [1.54, 1.807) is 9.46 Å². The fourth-order valence-electron chi connectivity index (χ4n) is 7.34. The van der Waals surface area contributed by atoms with Crippen molar-refractivity contribution in [2.75, 3.05) is 6.61 Å². The van der Waals surface area contributed by atoms with E-state index in [4.69, 9.17) is 14.3 Å². The minimum atomic E-state index is -2.23. The fourth-order valence-corrected chi connectivity index (χ4v) is 7.34. The summed E-state index contributed by atoms with van der Waals surface area (Å²) in [5, 5.41) is 21.4. The molecule has 0 radical (unpaired) electrons. The van der Waals surface area contributed by atoms with E-state index in [1.165, 1.54) is 27.8 Å². The standard InChI is InChI=1S/C22H21BO3.2C14H16NO/c24-23(25)26-18-10-17-22(19-11-4-1-5-12-19,20-13-6-2-7-14-20)21-15-8-3-9-16-21;2*1-11-9-12(2)14(13(3)10-11)16-15-7-5-4-6-8-15/h1-9,11-16H,10,17-18H2;2*4-10H,1-3H3/q-2;2*+1. The van der Waals surface area contributed by atoms with Gasteiger partial charge in [0.25, 0.3) is 0 Å². The van der Waals surface area contributed by atoms with Crippen molar-refractivity contribution in [3.63, 3.8) is 0 Å². The minimum absolute atomic E-state index is 0.159. The molecule has 0 aliphatic heterocycles. The number of hydrogen-bond donors (Lipinski definition) is 0. The smallest absolute Gasteiger partial charge is 0.223 e. The first-order valence-corrected chi connectivity index (χ1v) is 19.6. The molecule has 0 spiro atoms. The van der Waals surface area contributed by atoms with Crippen LogP contribution in [0.1, 0.15) is 62.9 Å². The van der Waals surface area contributed by atoms with Crippen molar-refractivity contribution >= 4 is 7.32 Å². The van der Waals surface area contributed by atoms with E-state index in [0.717, 1.165) is 40.2 Å². The Morgan fingerprint density at radius 1 is 0.466 bits per heavy atom. The molecule has 0 saturated carbocycles. The molecule has 7 rings (SSSR count). The van der Waals surface area contributed by atoms with E-state index >= 15 is 0 Å². The SMILES string of the molecule is Cc1cc(C)c(O[n+]2ccccc2)c(C)c1.Cc1cc(C)c(O[n+]2ccccc2)c(C)c1.[O-]B([O-])OCCCC(c1ccccc1)(c1ccccc1)c1ccccc1. The Labute approximate surface area is 344 Å². The van der Waals surface area contributed by atoms with Gasteiger partial charge in [0.05, 0.1) is 7.32 Å². The second-order valence-corrected chi connectivity index (χ2v) is 14.4. The molecule has 2 heterocycles. The zero-order valence-corrected chi connectivity index (χ0v) is 34.4. The summed E-state index contributed by atoms with van der Waals surface area (Å²) >= 11 is 0. The molecule has 8 heteroatoms. The maximum absolute atomic E-state index is 10.7. The molecule has 0 aliphatic rings. The summed E-state index contributed by atoms with van der Waals surface area (Å²) in [6.07, 6.45) is 8.90. The first-order chi connectivity index (χ1) is 28.1. The van der Waals surface area contributed by atoms with Gasteiger partial charge in [-0.25, -0.2) is 9.68 Å². The van der Waals surface area contributed by atoms with Crippen molar-refractivity contribution in [2.24, 2.45) is 0 Å². The van der Waals surface area contributed by atoms with Gasteiger partial charge in [-0.15, -0.1) is 0 Å². The molecule has 7 nitrogen and oxygen atoms in total. The predicted octanol–water partition coefficient (Wildman–Crippen LogP) is 8.01. The van der Waals surface area contributed by atoms with Crippen LogP contribution in [0.4, 0.5) is 0 Å². The Hall–Kier alpha value is -6.06. The Morgan fingerprint density at radius 3 is 1.09 bits per heavy atom. The van der Waals surface area contributed by atoms with Crippen LogP contribution in [0, 0.1) is 41.5 Å². The van der Waals surface area contributed by atoms with E-state index in [1.807, 2.05) is 116 Å². The maximum atomic E-state index is 10.7. The third-order valence-corrected chi connectivity index (χ3v) is 9.73. The van der Waals surface area contributed by atoms with Gasteiger partial charge in [0, 0.05) is 45.7 Å². The molecular weight excluding hydrogens is 719 g/mol. The molecule has 58 heavy (non-hydrogen) atoms. The molecule has 2 aromatic heterocycles. The lowest BCUT2D eigenvalue weighted by Gasteiger charge is -2.37. The van der Waals surface area contributed by atoms with Crippen molar-refractivity contribution in [3.8, 4) is 11.5 Å². The third kappa shape index (κ3) is 12.0. The van der Waals surface area contributed by atoms with Crippen LogP contribution in [-0.2, 0) is 10.1 Å². The van der Waals surface area contributed by atoms with Crippen molar-refractivity contribution in [3.05, 3.63) is 227 Å². The average molecular weight is 773 g/mol. The number of hydrogen-bond acceptors (Lipinski definition) is 5. The second-order valence-electron chi connectivity index (χ2n) is 14.4. The van der Waals surface area contributed by atoms with Gasteiger partial charge < -0.3 is 14.7 Å². The van der Waals surface area contributed by atoms with Crippen LogP contribution in [0.5, 0.6) is 11.5 Å². The molecule has 296 valence electrons. The van der Waals surface area contributed by atoms with Gasteiger partial charge in [0.15, 0.2) is 0 Å². The van der Waals surface area contributed by atoms with Gasteiger partial charge in [-0.1, -0.05) is 139 Å². The highest BCUT2D eigenvalue weighted by Gasteiger charge is 2.35. The van der Waals surface area contributed by atoms with Crippen LogP contribution in [0.2, 0.25) is 0 Å². The molecule has 0 fully saturated rings. The van der Waals surface area contributed by atoms with Gasteiger partial charge in [0.1, 0.15) is 0 Å². The molecule has 0 unspecified atom stereocenters. The molecule has 0 amide bonds. The van der Waals surface area contributed by atoms with E-state index in [-0.39, 0.29) is 12.0 Å². The van der Waals surface area contributed by atoms with Crippen LogP contribution in [-0.4, -0.2) is 13.9 Å². The molecule has 7 aromatic rings. The maximum Gasteiger partial charge on any atom is 0.223 e. The lowest BCUT2D eigenvalue weighted by molar-refractivity contribution is -0.875. The lowest BCUT2D eigenvalue weighted by Crippen LogP contribution is -2.48. The first-order valence-electron chi connectivity index (χ1n) is 19.6. The summed E-state index contributed by atoms with van der Waals surface area (Å²) < 4.78 is 8.16. The molecular formula is C50H53BN2O5. The van der Waals surface area contributed by atoms with Crippen LogP contribution in [0.3, 0.4) is 0 Å². The summed E-state index contributed by atoms with van der Waals surface area (Å²) in [5.74, 6) is 1.86. The van der Waals surface area contributed by atoms with E-state index in [0.29, 0.717) is 6.42 Å². The second kappa shape index (κ2) is 21.5. The lowest BCUT2D eigenvalue weighted by atomic mass is 9.67. The Balaban J connectivity index is 0.000000174. The number of pyridine rings is 2. The summed E-state index contributed by atoms with van der Waals surface area (Å²) in [6, 6.07) is 51.3. The minimum Gasteiger partial charge on any atom is -0.871 e. The molecule has 0 saturated heterocycles. The number of nitrogens with zero attached hydrogens (tertiary/aromatic N) is 2. The Morgan fingerprint density at radius 2 is 0.776 bits per heavy atom. The largest absolute Gasteiger partial charge is 0.871 e. The summed E-state index contributed by atoms with van der Waals surface area (Å²) in [6.45, 7) is 12.6. The fraction of sp³-hybridized carbons (Fsp3) is 0.200. The molecule has 5 aromatic carbocycles. The molecule has 0 aliphatic carbocycles. The van der Waals surface area contributed by atoms with Gasteiger partial charge >= 0.3 is 0 Å². The normalized spacial score (nSPS) is 10.7. The predicted molar refractivity (Wildman–Crippen MR) is 227 cm³/mol. The van der Waals surface area contributed by atoms with E-state index in [9.17, 15) is 10.0 Å². The van der Waals surface area contributed by atoms with Crippen LogP contribution >= 0.6 is 0 Å². The average Bonchev–Trinajstić information content (AvgIpc) is 3.23. The van der Waals surface area contributed by atoms with Gasteiger partial charge in [-0.3, -0.25) is 0 Å². The number of aryl methyl sites for hydroxylation is 6. The van der Waals surface area contributed by atoms with Gasteiger partial charge in [0.2, 0.25) is 36.3 Å². The van der Waals surface area contributed by atoms with Gasteiger partial charge in [-0.05, 0) is 93.3 Å². The summed E-state index contributed by atoms with van der Waals surface area (Å²) in [7, 11) is -2.23. The van der Waals surface area contributed by atoms with Crippen molar-refractivity contribution in [1.82, 2.24) is 0 Å². The Kier molecular flexibility index (Phi) is 15.9. The monoisotopic (exact) mass is 772 g/mol. The molecule has 0 atom stereocenters. The number of benzene rings is 5. The van der Waals surface area contributed by atoms with Crippen LogP contribution < -0.4 is 29.2 Å². The highest BCUT2D eigenvalue weighted by molar-refractivity contribution is 6.28. The topological polar surface area (TPSA) is 81.6 Å². The zero-order chi connectivity index (χ0) is 41.3. The van der Waals surface area contributed by atoms with E-state index < -0.39 is 7.32 Å². The molecule has 0 N–H and O–H groups in total. The summed E-state index contributed by atoms with van der Waals surface area (Å²) in [5.41, 5.74) is 10.3. The highest BCUT2D eigenvalue weighted by atomic mass is 16.7. The highest BCUT2D eigenvalue weighted by Crippen LogP contribution is 2.43. The van der Waals surface area contributed by atoms with Crippen molar-refractivity contribution in [1.29, 1.82) is 0 Å². The Bertz CT molecular complexity index is 2040. The van der Waals surface area contributed by atoms with Crippen LogP contribution in [0.25, 0.3) is 0 Å². The third-order valence-electron chi connectivity index (χ3n) is 9.73. The van der Waals surface area contributed by atoms with Gasteiger partial charge in [-0.2, -0.15) is 0 Å². The quantitative estimate of drug-likeness (QED) is 0.0545. The number of rotatable bonds is 12. The van der Waals surface area contributed by atoms with Crippen molar-refractivity contribution < 1.29 is 33.8 Å². The summed E-state index contributed by atoms with van der Waals surface area (Å²) in [4.78, 5) is 11.6. The molecule has 0 bridgehead atoms.